The molecule has 0 radical (unpaired) electrons. The minimum Gasteiger partial charge on any atom is -0.366 e. The van der Waals surface area contributed by atoms with Crippen molar-refractivity contribution in [2.75, 3.05) is 5.73 Å². The molecular formula is C13H13N5. The average molecular weight is 239 g/mol. The number of H-pyrrole nitrogens is 1. The van der Waals surface area contributed by atoms with Crippen LogP contribution in [0.15, 0.2) is 24.4 Å². The molecule has 0 unspecified atom stereocenters. The van der Waals surface area contributed by atoms with Crippen molar-refractivity contribution in [3.05, 3.63) is 35.7 Å². The molecule has 0 bridgehead atoms. The Morgan fingerprint density at radius 3 is 2.72 bits per heavy atom. The Hall–Kier alpha value is -2.43. The monoisotopic (exact) mass is 239 g/mol. The summed E-state index contributed by atoms with van der Waals surface area (Å²) in [6, 6.07) is 6.17. The number of fused-ring (bicyclic) bond motifs is 1. The Morgan fingerprint density at radius 2 is 2.00 bits per heavy atom. The molecule has 3 rings (SSSR count). The summed E-state index contributed by atoms with van der Waals surface area (Å²) in [5.74, 6) is 0.188. The van der Waals surface area contributed by atoms with E-state index in [0.29, 0.717) is 0 Å². The molecule has 0 aliphatic rings. The molecule has 90 valence electrons. The Kier molecular flexibility index (Phi) is 2.26. The van der Waals surface area contributed by atoms with Crippen LogP contribution in [0.4, 0.5) is 5.95 Å². The Labute approximate surface area is 104 Å². The number of nitrogens with two attached hydrogens (primary N) is 1. The molecule has 0 aliphatic carbocycles. The fourth-order valence-corrected chi connectivity index (χ4v) is 2.27. The van der Waals surface area contributed by atoms with Crippen LogP contribution in [0.5, 0.6) is 0 Å². The van der Waals surface area contributed by atoms with E-state index in [1.807, 2.05) is 13.0 Å². The third-order valence-corrected chi connectivity index (χ3v) is 3.06. The second kappa shape index (κ2) is 3.80. The topological polar surface area (TPSA) is 80.5 Å². The van der Waals surface area contributed by atoms with Gasteiger partial charge in [-0.1, -0.05) is 12.1 Å². The molecule has 0 saturated heterocycles. The van der Waals surface area contributed by atoms with E-state index < -0.39 is 0 Å². The SMILES string of the molecule is Cc1[nH]c2cccc(C)c2c1-c1cnc(N)nn1. The first-order valence-corrected chi connectivity index (χ1v) is 5.70. The van der Waals surface area contributed by atoms with Crippen molar-refractivity contribution < 1.29 is 0 Å². The van der Waals surface area contributed by atoms with Crippen molar-refractivity contribution >= 4 is 16.9 Å². The van der Waals surface area contributed by atoms with Crippen LogP contribution in [0.2, 0.25) is 0 Å². The zero-order valence-electron chi connectivity index (χ0n) is 10.2. The summed E-state index contributed by atoms with van der Waals surface area (Å²) >= 11 is 0. The van der Waals surface area contributed by atoms with Gasteiger partial charge in [-0.25, -0.2) is 4.98 Å². The standard InChI is InChI=1S/C13H13N5/c1-7-4-3-5-9-11(7)12(8(2)16-9)10-6-15-13(14)18-17-10/h3-6,16H,1-2H3,(H2,14,15,18). The van der Waals surface area contributed by atoms with Gasteiger partial charge in [-0.05, 0) is 25.5 Å². The second-order valence-corrected chi connectivity index (χ2v) is 4.32. The molecule has 0 aliphatic heterocycles. The van der Waals surface area contributed by atoms with Gasteiger partial charge in [0.15, 0.2) is 0 Å². The average Bonchev–Trinajstić information content (AvgIpc) is 2.68. The number of hydrogen-bond acceptors (Lipinski definition) is 4. The fourth-order valence-electron chi connectivity index (χ4n) is 2.27. The summed E-state index contributed by atoms with van der Waals surface area (Å²) in [5.41, 5.74) is 10.6. The maximum Gasteiger partial charge on any atom is 0.240 e. The van der Waals surface area contributed by atoms with E-state index in [-0.39, 0.29) is 5.95 Å². The molecule has 3 N–H and O–H groups in total. The van der Waals surface area contributed by atoms with Crippen LogP contribution < -0.4 is 5.73 Å². The first kappa shape index (κ1) is 10.7. The number of nitrogens with zero attached hydrogens (tertiary/aromatic N) is 3. The zero-order valence-corrected chi connectivity index (χ0v) is 10.2. The van der Waals surface area contributed by atoms with E-state index in [2.05, 4.69) is 39.2 Å². The molecular weight excluding hydrogens is 226 g/mol. The molecule has 0 fully saturated rings. The van der Waals surface area contributed by atoms with Crippen molar-refractivity contribution in [1.82, 2.24) is 20.2 Å². The summed E-state index contributed by atoms with van der Waals surface area (Å²) in [4.78, 5) is 7.36. The second-order valence-electron chi connectivity index (χ2n) is 4.32. The van der Waals surface area contributed by atoms with Crippen molar-refractivity contribution in [1.29, 1.82) is 0 Å². The van der Waals surface area contributed by atoms with Crippen LogP contribution in [0.25, 0.3) is 22.2 Å². The number of aryl methyl sites for hydroxylation is 2. The predicted molar refractivity (Wildman–Crippen MR) is 71.0 cm³/mol. The minimum atomic E-state index is 0.188. The van der Waals surface area contributed by atoms with Crippen molar-refractivity contribution in [2.45, 2.75) is 13.8 Å². The van der Waals surface area contributed by atoms with E-state index in [1.165, 1.54) is 5.56 Å². The first-order chi connectivity index (χ1) is 8.66. The van der Waals surface area contributed by atoms with Crippen LogP contribution in [0, 0.1) is 13.8 Å². The minimum absolute atomic E-state index is 0.188. The van der Waals surface area contributed by atoms with Gasteiger partial charge in [-0.15, -0.1) is 10.2 Å². The van der Waals surface area contributed by atoms with E-state index in [0.717, 1.165) is 27.9 Å². The maximum atomic E-state index is 5.47. The van der Waals surface area contributed by atoms with Crippen LogP contribution >= 0.6 is 0 Å². The number of rotatable bonds is 1. The molecule has 0 saturated carbocycles. The molecule has 1 aromatic carbocycles. The predicted octanol–water partition coefficient (Wildman–Crippen LogP) is 2.22. The number of aromatic amines is 1. The Morgan fingerprint density at radius 1 is 1.17 bits per heavy atom. The number of anilines is 1. The van der Waals surface area contributed by atoms with E-state index in [4.69, 9.17) is 5.73 Å². The highest BCUT2D eigenvalue weighted by Gasteiger charge is 2.14. The van der Waals surface area contributed by atoms with Crippen molar-refractivity contribution in [2.24, 2.45) is 0 Å². The van der Waals surface area contributed by atoms with Crippen molar-refractivity contribution in [3.8, 4) is 11.3 Å². The van der Waals surface area contributed by atoms with Gasteiger partial charge in [0, 0.05) is 22.2 Å². The molecule has 5 nitrogen and oxygen atoms in total. The summed E-state index contributed by atoms with van der Waals surface area (Å²) in [5, 5.41) is 9.09. The highest BCUT2D eigenvalue weighted by molar-refractivity contribution is 5.98. The van der Waals surface area contributed by atoms with Crippen LogP contribution in [-0.4, -0.2) is 20.2 Å². The Bertz CT molecular complexity index is 712. The van der Waals surface area contributed by atoms with Crippen LogP contribution in [0.1, 0.15) is 11.3 Å². The molecule has 5 heteroatoms. The van der Waals surface area contributed by atoms with Gasteiger partial charge in [0.25, 0.3) is 0 Å². The van der Waals surface area contributed by atoms with Gasteiger partial charge in [-0.2, -0.15) is 0 Å². The summed E-state index contributed by atoms with van der Waals surface area (Å²) in [7, 11) is 0. The smallest absolute Gasteiger partial charge is 0.240 e. The normalized spacial score (nSPS) is 11.0. The summed E-state index contributed by atoms with van der Waals surface area (Å²) in [6.07, 6.45) is 1.66. The van der Waals surface area contributed by atoms with Gasteiger partial charge in [0.05, 0.1) is 6.20 Å². The molecule has 0 spiro atoms. The van der Waals surface area contributed by atoms with Crippen LogP contribution in [-0.2, 0) is 0 Å². The van der Waals surface area contributed by atoms with Gasteiger partial charge in [-0.3, -0.25) is 0 Å². The van der Waals surface area contributed by atoms with Gasteiger partial charge in [0.2, 0.25) is 5.95 Å². The highest BCUT2D eigenvalue weighted by Crippen LogP contribution is 2.32. The molecule has 0 atom stereocenters. The largest absolute Gasteiger partial charge is 0.366 e. The molecule has 18 heavy (non-hydrogen) atoms. The summed E-state index contributed by atoms with van der Waals surface area (Å²) in [6.45, 7) is 4.10. The number of benzene rings is 1. The fraction of sp³-hybridized carbons (Fsp3) is 0.154. The lowest BCUT2D eigenvalue weighted by molar-refractivity contribution is 0.992. The first-order valence-electron chi connectivity index (χ1n) is 5.70. The lowest BCUT2D eigenvalue weighted by Gasteiger charge is -2.02. The number of nitrogen functional groups attached to an aromatic ring is 1. The third-order valence-electron chi connectivity index (χ3n) is 3.06. The molecule has 2 heterocycles. The lowest BCUT2D eigenvalue weighted by atomic mass is 10.0. The maximum absolute atomic E-state index is 5.47. The van der Waals surface area contributed by atoms with Crippen LogP contribution in [0.3, 0.4) is 0 Å². The zero-order chi connectivity index (χ0) is 12.7. The summed E-state index contributed by atoms with van der Waals surface area (Å²) < 4.78 is 0. The Balaban J connectivity index is 2.34. The molecule has 2 aromatic heterocycles. The van der Waals surface area contributed by atoms with Crippen molar-refractivity contribution in [3.63, 3.8) is 0 Å². The number of aromatic nitrogens is 4. The van der Waals surface area contributed by atoms with E-state index in [1.54, 1.807) is 6.20 Å². The number of hydrogen-bond donors (Lipinski definition) is 2. The van der Waals surface area contributed by atoms with E-state index in [9.17, 15) is 0 Å². The lowest BCUT2D eigenvalue weighted by Crippen LogP contribution is -1.98. The number of nitrogens with one attached hydrogen (secondary N) is 1. The van der Waals surface area contributed by atoms with Gasteiger partial charge < -0.3 is 10.7 Å². The highest BCUT2D eigenvalue weighted by atomic mass is 15.2. The molecule has 3 aromatic rings. The third kappa shape index (κ3) is 1.52. The van der Waals surface area contributed by atoms with Gasteiger partial charge in [0.1, 0.15) is 5.69 Å². The van der Waals surface area contributed by atoms with Gasteiger partial charge >= 0.3 is 0 Å². The molecule has 0 amide bonds. The quantitative estimate of drug-likeness (QED) is 0.682. The van der Waals surface area contributed by atoms with E-state index >= 15 is 0 Å².